The molecule has 0 heterocycles. The molecule has 0 bridgehead atoms. The van der Waals surface area contributed by atoms with Gasteiger partial charge in [-0.15, -0.1) is 0 Å². The third-order valence-electron chi connectivity index (χ3n) is 3.59. The van der Waals surface area contributed by atoms with Crippen LogP contribution in [0.1, 0.15) is 24.5 Å². The van der Waals surface area contributed by atoms with E-state index in [1.807, 2.05) is 50.2 Å². The Morgan fingerprint density at radius 1 is 1.04 bits per heavy atom. The summed E-state index contributed by atoms with van der Waals surface area (Å²) >= 11 is 0. The fourth-order valence-corrected chi connectivity index (χ4v) is 2.15. The molecule has 0 fully saturated rings. The van der Waals surface area contributed by atoms with Crippen LogP contribution < -0.4 is 14.8 Å². The lowest BCUT2D eigenvalue weighted by molar-refractivity contribution is -0.128. The van der Waals surface area contributed by atoms with E-state index in [2.05, 4.69) is 5.32 Å². The minimum atomic E-state index is -0.506. The molecule has 1 amide bonds. The zero-order valence-corrected chi connectivity index (χ0v) is 13.8. The molecule has 0 saturated carbocycles. The van der Waals surface area contributed by atoms with Crippen molar-refractivity contribution in [2.75, 3.05) is 7.11 Å². The van der Waals surface area contributed by atoms with Gasteiger partial charge in [-0.3, -0.25) is 4.79 Å². The number of amides is 1. The minimum Gasteiger partial charge on any atom is -0.497 e. The van der Waals surface area contributed by atoms with Gasteiger partial charge in [0.05, 0.1) is 7.11 Å². The number of carbonyl (C=O) groups excluding carboxylic acids is 1. The highest BCUT2D eigenvalue weighted by Gasteiger charge is 2.18. The second-order valence-corrected chi connectivity index (χ2v) is 5.39. The molecule has 0 radical (unpaired) electrons. The van der Waals surface area contributed by atoms with Crippen molar-refractivity contribution in [1.82, 2.24) is 5.32 Å². The molecule has 4 heteroatoms. The number of hydrogen-bond acceptors (Lipinski definition) is 3. The maximum Gasteiger partial charge on any atom is 0.261 e. The van der Waals surface area contributed by atoms with Crippen molar-refractivity contribution in [2.45, 2.75) is 32.9 Å². The molecule has 1 atom stereocenters. The Labute approximate surface area is 137 Å². The van der Waals surface area contributed by atoms with Gasteiger partial charge in [0.1, 0.15) is 11.5 Å². The third kappa shape index (κ3) is 5.02. The highest BCUT2D eigenvalue weighted by Crippen LogP contribution is 2.19. The topological polar surface area (TPSA) is 47.6 Å². The SMILES string of the molecule is CCC(Oc1ccc(OC)cc1)C(=O)NCc1ccc(C)cc1. The standard InChI is InChI=1S/C19H23NO3/c1-4-18(23-17-11-9-16(22-3)10-12-17)19(21)20-13-15-7-5-14(2)6-8-15/h5-12,18H,4,13H2,1-3H3,(H,20,21). The molecule has 2 aromatic rings. The van der Waals surface area contributed by atoms with Gasteiger partial charge in [-0.1, -0.05) is 36.8 Å². The van der Waals surface area contributed by atoms with E-state index in [9.17, 15) is 4.79 Å². The predicted octanol–water partition coefficient (Wildman–Crippen LogP) is 3.48. The van der Waals surface area contributed by atoms with Gasteiger partial charge in [0.2, 0.25) is 0 Å². The van der Waals surface area contributed by atoms with E-state index in [0.717, 1.165) is 11.3 Å². The number of benzene rings is 2. The summed E-state index contributed by atoms with van der Waals surface area (Å²) in [5, 5.41) is 2.92. The highest BCUT2D eigenvalue weighted by molar-refractivity contribution is 5.81. The number of methoxy groups -OCH3 is 1. The predicted molar refractivity (Wildman–Crippen MR) is 90.7 cm³/mol. The quantitative estimate of drug-likeness (QED) is 0.851. The number of nitrogens with one attached hydrogen (secondary N) is 1. The Kier molecular flexibility index (Phi) is 6.03. The van der Waals surface area contributed by atoms with Crippen molar-refractivity contribution in [3.63, 3.8) is 0 Å². The smallest absolute Gasteiger partial charge is 0.261 e. The molecule has 0 aliphatic rings. The lowest BCUT2D eigenvalue weighted by atomic mass is 10.1. The summed E-state index contributed by atoms with van der Waals surface area (Å²) in [7, 11) is 1.61. The number of hydrogen-bond donors (Lipinski definition) is 1. The third-order valence-corrected chi connectivity index (χ3v) is 3.59. The van der Waals surface area contributed by atoms with Crippen LogP contribution in [0, 0.1) is 6.92 Å². The molecule has 2 aromatic carbocycles. The second-order valence-electron chi connectivity index (χ2n) is 5.39. The van der Waals surface area contributed by atoms with Crippen LogP contribution in [0.2, 0.25) is 0 Å². The summed E-state index contributed by atoms with van der Waals surface area (Å²) in [5.41, 5.74) is 2.28. The van der Waals surface area contributed by atoms with Gasteiger partial charge in [0.25, 0.3) is 5.91 Å². The molecule has 0 aliphatic heterocycles. The molecule has 0 aliphatic carbocycles. The molecule has 1 unspecified atom stereocenters. The summed E-state index contributed by atoms with van der Waals surface area (Å²) in [5.74, 6) is 1.31. The molecule has 0 spiro atoms. The summed E-state index contributed by atoms with van der Waals surface area (Å²) in [4.78, 5) is 12.3. The van der Waals surface area contributed by atoms with E-state index in [4.69, 9.17) is 9.47 Å². The molecule has 0 saturated heterocycles. The normalized spacial score (nSPS) is 11.6. The van der Waals surface area contributed by atoms with Gasteiger partial charge < -0.3 is 14.8 Å². The first-order valence-electron chi connectivity index (χ1n) is 7.76. The Balaban J connectivity index is 1.90. The summed E-state index contributed by atoms with van der Waals surface area (Å²) in [6, 6.07) is 15.3. The van der Waals surface area contributed by atoms with Crippen molar-refractivity contribution < 1.29 is 14.3 Å². The van der Waals surface area contributed by atoms with E-state index >= 15 is 0 Å². The van der Waals surface area contributed by atoms with Crippen LogP contribution in [0.4, 0.5) is 0 Å². The maximum atomic E-state index is 12.3. The van der Waals surface area contributed by atoms with Crippen molar-refractivity contribution in [3.8, 4) is 11.5 Å². The number of aryl methyl sites for hydroxylation is 1. The molecular formula is C19H23NO3. The van der Waals surface area contributed by atoms with Crippen molar-refractivity contribution in [1.29, 1.82) is 0 Å². The molecule has 1 N–H and O–H groups in total. The average molecular weight is 313 g/mol. The van der Waals surface area contributed by atoms with Gasteiger partial charge >= 0.3 is 0 Å². The second kappa shape index (κ2) is 8.22. The Morgan fingerprint density at radius 2 is 1.65 bits per heavy atom. The summed E-state index contributed by atoms with van der Waals surface area (Å²) in [6.07, 6.45) is 0.0972. The van der Waals surface area contributed by atoms with Crippen LogP contribution in [0.3, 0.4) is 0 Å². The Morgan fingerprint density at radius 3 is 2.22 bits per heavy atom. The molecule has 122 valence electrons. The zero-order valence-electron chi connectivity index (χ0n) is 13.8. The van der Waals surface area contributed by atoms with Crippen molar-refractivity contribution in [2.24, 2.45) is 0 Å². The fourth-order valence-electron chi connectivity index (χ4n) is 2.15. The van der Waals surface area contributed by atoms with Crippen LogP contribution in [0.5, 0.6) is 11.5 Å². The van der Waals surface area contributed by atoms with Gasteiger partial charge in [0.15, 0.2) is 6.10 Å². The zero-order chi connectivity index (χ0) is 16.7. The number of carbonyl (C=O) groups is 1. The molecule has 23 heavy (non-hydrogen) atoms. The van der Waals surface area contributed by atoms with Crippen LogP contribution in [0.15, 0.2) is 48.5 Å². The summed E-state index contributed by atoms with van der Waals surface area (Å²) < 4.78 is 10.9. The van der Waals surface area contributed by atoms with E-state index in [-0.39, 0.29) is 5.91 Å². The summed E-state index contributed by atoms with van der Waals surface area (Å²) in [6.45, 7) is 4.47. The average Bonchev–Trinajstić information content (AvgIpc) is 2.59. The first kappa shape index (κ1) is 16.9. The van der Waals surface area contributed by atoms with Crippen molar-refractivity contribution >= 4 is 5.91 Å². The largest absolute Gasteiger partial charge is 0.497 e. The van der Waals surface area contributed by atoms with E-state index < -0.39 is 6.10 Å². The van der Waals surface area contributed by atoms with Crippen LogP contribution in [0.25, 0.3) is 0 Å². The molecule has 2 rings (SSSR count). The van der Waals surface area contributed by atoms with Gasteiger partial charge in [-0.05, 0) is 43.2 Å². The number of rotatable bonds is 7. The molecule has 4 nitrogen and oxygen atoms in total. The van der Waals surface area contributed by atoms with Gasteiger partial charge in [-0.25, -0.2) is 0 Å². The first-order chi connectivity index (χ1) is 11.1. The van der Waals surface area contributed by atoms with E-state index in [1.165, 1.54) is 5.56 Å². The molecular weight excluding hydrogens is 290 g/mol. The van der Waals surface area contributed by atoms with Crippen LogP contribution in [-0.2, 0) is 11.3 Å². The number of ether oxygens (including phenoxy) is 2. The highest BCUT2D eigenvalue weighted by atomic mass is 16.5. The van der Waals surface area contributed by atoms with Gasteiger partial charge in [-0.2, -0.15) is 0 Å². The lowest BCUT2D eigenvalue weighted by Crippen LogP contribution is -2.37. The van der Waals surface area contributed by atoms with Crippen molar-refractivity contribution in [3.05, 3.63) is 59.7 Å². The maximum absolute atomic E-state index is 12.3. The van der Waals surface area contributed by atoms with E-state index in [1.54, 1.807) is 19.2 Å². The Bertz CT molecular complexity index is 620. The van der Waals surface area contributed by atoms with Crippen LogP contribution >= 0.6 is 0 Å². The van der Waals surface area contributed by atoms with E-state index in [0.29, 0.717) is 18.7 Å². The minimum absolute atomic E-state index is 0.108. The fraction of sp³-hybridized carbons (Fsp3) is 0.316. The molecule has 0 aromatic heterocycles. The van der Waals surface area contributed by atoms with Gasteiger partial charge in [0, 0.05) is 6.54 Å². The van der Waals surface area contributed by atoms with Crippen LogP contribution in [-0.4, -0.2) is 19.1 Å². The first-order valence-corrected chi connectivity index (χ1v) is 7.76. The Hall–Kier alpha value is -2.49. The monoisotopic (exact) mass is 313 g/mol. The lowest BCUT2D eigenvalue weighted by Gasteiger charge is -2.17.